The average Bonchev–Trinajstić information content (AvgIpc) is 3.29. The molecule has 1 amide bonds. The van der Waals surface area contributed by atoms with Crippen LogP contribution in [0.25, 0.3) is 6.08 Å². The summed E-state index contributed by atoms with van der Waals surface area (Å²) in [7, 11) is 0. The van der Waals surface area contributed by atoms with Crippen LogP contribution in [0.1, 0.15) is 46.8 Å². The molecule has 37 heavy (non-hydrogen) atoms. The first-order valence-corrected chi connectivity index (χ1v) is 12.9. The monoisotopic (exact) mass is 553 g/mol. The van der Waals surface area contributed by atoms with Gasteiger partial charge in [-0.2, -0.15) is 5.10 Å². The third-order valence-electron chi connectivity index (χ3n) is 6.46. The molecule has 0 bridgehead atoms. The molecule has 1 aromatic heterocycles. The van der Waals surface area contributed by atoms with E-state index in [-0.39, 0.29) is 22.7 Å². The minimum Gasteiger partial charge on any atom is -0.452 e. The summed E-state index contributed by atoms with van der Waals surface area (Å²) in [5.41, 5.74) is 3.90. The van der Waals surface area contributed by atoms with Gasteiger partial charge in [0.1, 0.15) is 5.15 Å². The summed E-state index contributed by atoms with van der Waals surface area (Å²) in [6, 6.07) is 17.8. The number of benzene rings is 2. The zero-order valence-corrected chi connectivity index (χ0v) is 21.9. The first kappa shape index (κ1) is 25.5. The van der Waals surface area contributed by atoms with Crippen LogP contribution in [0.5, 0.6) is 0 Å². The van der Waals surface area contributed by atoms with Gasteiger partial charge in [-0.15, -0.1) is 0 Å². The number of amides is 1. The number of esters is 1. The zero-order chi connectivity index (χ0) is 25.9. The Labute approximate surface area is 229 Å². The Balaban J connectivity index is 1.45. The van der Waals surface area contributed by atoms with E-state index in [9.17, 15) is 9.59 Å². The first-order chi connectivity index (χ1) is 17.9. The Morgan fingerprint density at radius 1 is 1.03 bits per heavy atom. The Morgan fingerprint density at radius 3 is 2.59 bits per heavy atom. The maximum absolute atomic E-state index is 13.4. The largest absolute Gasteiger partial charge is 0.452 e. The van der Waals surface area contributed by atoms with Crippen molar-refractivity contribution < 1.29 is 14.3 Å². The highest BCUT2D eigenvalue weighted by Gasteiger charge is 2.43. The van der Waals surface area contributed by atoms with Crippen LogP contribution in [0, 0.1) is 5.92 Å². The molecule has 1 aliphatic heterocycles. The predicted molar refractivity (Wildman–Crippen MR) is 145 cm³/mol. The molecule has 1 aliphatic carbocycles. The number of pyridine rings is 1. The summed E-state index contributed by atoms with van der Waals surface area (Å²) in [4.78, 5) is 29.8. The van der Waals surface area contributed by atoms with Crippen LogP contribution in [-0.4, -0.2) is 34.2 Å². The van der Waals surface area contributed by atoms with E-state index in [1.54, 1.807) is 18.2 Å². The molecule has 0 N–H and O–H groups in total. The number of hydrazone groups is 1. The topological polar surface area (TPSA) is 71.9 Å². The van der Waals surface area contributed by atoms with Crippen LogP contribution < -0.4 is 0 Å². The van der Waals surface area contributed by atoms with Gasteiger partial charge in [0.25, 0.3) is 5.91 Å². The fourth-order valence-corrected chi connectivity index (χ4v) is 5.33. The van der Waals surface area contributed by atoms with Crippen LogP contribution in [0.15, 0.2) is 77.5 Å². The number of hydrogen-bond donors (Lipinski definition) is 0. The highest BCUT2D eigenvalue weighted by atomic mass is 35.5. The van der Waals surface area contributed by atoms with Crippen molar-refractivity contribution in [2.24, 2.45) is 11.0 Å². The second-order valence-corrected chi connectivity index (χ2v) is 10.1. The molecule has 2 aliphatic rings. The number of ether oxygens (including phenoxy) is 1. The van der Waals surface area contributed by atoms with Crippen molar-refractivity contribution >= 4 is 58.5 Å². The molecule has 0 radical (unpaired) electrons. The van der Waals surface area contributed by atoms with Crippen LogP contribution >= 0.6 is 34.8 Å². The Hall–Kier alpha value is -3.19. The maximum Gasteiger partial charge on any atom is 0.341 e. The first-order valence-electron chi connectivity index (χ1n) is 11.8. The van der Waals surface area contributed by atoms with Crippen LogP contribution in [0.2, 0.25) is 15.2 Å². The molecule has 9 heteroatoms. The Kier molecular flexibility index (Phi) is 7.60. The molecule has 2 unspecified atom stereocenters. The highest BCUT2D eigenvalue weighted by molar-refractivity contribution is 6.32. The fourth-order valence-electron chi connectivity index (χ4n) is 4.81. The molecule has 6 nitrogen and oxygen atoms in total. The normalized spacial score (nSPS) is 19.9. The molecule has 1 fully saturated rings. The molecule has 188 valence electrons. The molecule has 1 saturated carbocycles. The lowest BCUT2D eigenvalue weighted by Gasteiger charge is -2.29. The summed E-state index contributed by atoms with van der Waals surface area (Å²) < 4.78 is 5.30. The van der Waals surface area contributed by atoms with Crippen molar-refractivity contribution in [1.82, 2.24) is 9.99 Å². The number of rotatable bonds is 5. The van der Waals surface area contributed by atoms with E-state index in [1.807, 2.05) is 36.4 Å². The van der Waals surface area contributed by atoms with Gasteiger partial charge in [0.15, 0.2) is 6.61 Å². The summed E-state index contributed by atoms with van der Waals surface area (Å²) in [5.74, 6) is -1.16. The van der Waals surface area contributed by atoms with Crippen LogP contribution in [0.3, 0.4) is 0 Å². The van der Waals surface area contributed by atoms with E-state index in [1.165, 1.54) is 17.3 Å². The summed E-state index contributed by atoms with van der Waals surface area (Å²) in [6.07, 6.45) is 6.21. The van der Waals surface area contributed by atoms with Gasteiger partial charge in [-0.3, -0.25) is 4.79 Å². The lowest BCUT2D eigenvalue weighted by atomic mass is 9.77. The molecule has 2 heterocycles. The highest BCUT2D eigenvalue weighted by Crippen LogP contribution is 2.44. The van der Waals surface area contributed by atoms with E-state index in [4.69, 9.17) is 44.6 Å². The van der Waals surface area contributed by atoms with E-state index in [0.29, 0.717) is 10.0 Å². The average molecular weight is 555 g/mol. The third kappa shape index (κ3) is 5.57. The number of carbonyl (C=O) groups is 2. The predicted octanol–water partition coefficient (Wildman–Crippen LogP) is 7.02. The SMILES string of the molecule is O=C(OCC(=O)N1N=C2C(=Cc3cccc(Cl)c3)CCCC2C1c1ccc(Cl)cc1)c1cccnc1Cl. The van der Waals surface area contributed by atoms with Crippen molar-refractivity contribution in [2.45, 2.75) is 25.3 Å². The minimum absolute atomic E-state index is 0.00669. The molecule has 2 atom stereocenters. The number of allylic oxidation sites excluding steroid dienone is 1. The molecule has 0 saturated heterocycles. The third-order valence-corrected chi connectivity index (χ3v) is 7.25. The van der Waals surface area contributed by atoms with Gasteiger partial charge in [0, 0.05) is 22.2 Å². The van der Waals surface area contributed by atoms with Gasteiger partial charge < -0.3 is 4.74 Å². The number of hydrogen-bond acceptors (Lipinski definition) is 5. The maximum atomic E-state index is 13.4. The number of carbonyl (C=O) groups excluding carboxylic acids is 2. The van der Waals surface area contributed by atoms with E-state index < -0.39 is 18.5 Å². The molecule has 2 aromatic carbocycles. The number of nitrogens with zero attached hydrogens (tertiary/aromatic N) is 3. The van der Waals surface area contributed by atoms with Crippen molar-refractivity contribution in [1.29, 1.82) is 0 Å². The second kappa shape index (κ2) is 11.1. The Bertz CT molecular complexity index is 1410. The van der Waals surface area contributed by atoms with Gasteiger partial charge in [0.2, 0.25) is 0 Å². The van der Waals surface area contributed by atoms with E-state index in [2.05, 4.69) is 11.1 Å². The minimum atomic E-state index is -0.722. The van der Waals surface area contributed by atoms with Gasteiger partial charge in [-0.05, 0) is 78.4 Å². The fraction of sp³-hybridized carbons (Fsp3) is 0.214. The van der Waals surface area contributed by atoms with Gasteiger partial charge >= 0.3 is 5.97 Å². The quantitative estimate of drug-likeness (QED) is 0.251. The molecular formula is C28H22Cl3N3O3. The van der Waals surface area contributed by atoms with Gasteiger partial charge in [-0.1, -0.05) is 59.1 Å². The standard InChI is InChI=1S/C28H22Cl3N3O3/c29-20-11-9-18(10-12-20)26-22-7-2-5-19(14-17-4-1-6-21(30)15-17)25(22)33-34(26)24(35)16-37-28(36)23-8-3-13-32-27(23)31/h1,3-4,6,8-15,22,26H,2,5,7,16H2. The smallest absolute Gasteiger partial charge is 0.341 e. The van der Waals surface area contributed by atoms with Gasteiger partial charge in [0.05, 0.1) is 17.3 Å². The van der Waals surface area contributed by atoms with Crippen molar-refractivity contribution in [2.75, 3.05) is 6.61 Å². The summed E-state index contributed by atoms with van der Waals surface area (Å²) in [5, 5.41) is 7.51. The zero-order valence-electron chi connectivity index (χ0n) is 19.6. The summed E-state index contributed by atoms with van der Waals surface area (Å²) >= 11 is 18.3. The molecular weight excluding hydrogens is 533 g/mol. The lowest BCUT2D eigenvalue weighted by molar-refractivity contribution is -0.137. The van der Waals surface area contributed by atoms with E-state index in [0.717, 1.165) is 41.7 Å². The Morgan fingerprint density at radius 2 is 1.84 bits per heavy atom. The lowest BCUT2D eigenvalue weighted by Crippen LogP contribution is -2.34. The number of fused-ring (bicyclic) bond motifs is 1. The molecule has 3 aromatic rings. The van der Waals surface area contributed by atoms with E-state index >= 15 is 0 Å². The molecule has 5 rings (SSSR count). The second-order valence-electron chi connectivity index (χ2n) is 8.86. The molecule has 0 spiro atoms. The van der Waals surface area contributed by atoms with Crippen LogP contribution in [-0.2, 0) is 9.53 Å². The van der Waals surface area contributed by atoms with Crippen molar-refractivity contribution in [3.05, 3.63) is 104 Å². The van der Waals surface area contributed by atoms with Crippen molar-refractivity contribution in [3.8, 4) is 0 Å². The number of halogens is 3. The van der Waals surface area contributed by atoms with Crippen LogP contribution in [0.4, 0.5) is 0 Å². The van der Waals surface area contributed by atoms with Crippen molar-refractivity contribution in [3.63, 3.8) is 0 Å². The van der Waals surface area contributed by atoms with Gasteiger partial charge in [-0.25, -0.2) is 14.8 Å². The number of aromatic nitrogens is 1. The summed E-state index contributed by atoms with van der Waals surface area (Å²) in [6.45, 7) is -0.481.